The van der Waals surface area contributed by atoms with E-state index in [2.05, 4.69) is 218 Å². The van der Waals surface area contributed by atoms with Gasteiger partial charge in [0.15, 0.2) is 0 Å². The van der Waals surface area contributed by atoms with E-state index in [1.807, 2.05) is 0 Å². The molecule has 11 rings (SSSR count). The number of nitrogens with zero attached hydrogens (tertiary/aromatic N) is 2. The molecule has 0 amide bonds. The SMILES string of the molecule is CC(C)(C)c1cccc2oc3c4ccccc4c(N(c4ccc(-c5ccccc5)cc4)c4ccc5cc(-n6c7ccccc7c7ccccc76)ccc5c4)cc3c12. The van der Waals surface area contributed by atoms with Crippen LogP contribution >= 0.6 is 0 Å². The summed E-state index contributed by atoms with van der Waals surface area (Å²) in [5.41, 5.74) is 12.3. The fourth-order valence-electron chi connectivity index (χ4n) is 9.00. The van der Waals surface area contributed by atoms with Crippen molar-refractivity contribution < 1.29 is 4.42 Å². The Kier molecular flexibility index (Phi) is 7.42. The molecule has 3 nitrogen and oxygen atoms in total. The molecule has 9 aromatic carbocycles. The Hall–Kier alpha value is -7.10. The maximum atomic E-state index is 6.74. The van der Waals surface area contributed by atoms with Gasteiger partial charge in [0.25, 0.3) is 0 Å². The maximum absolute atomic E-state index is 6.74. The van der Waals surface area contributed by atoms with Crippen molar-refractivity contribution in [1.29, 1.82) is 0 Å². The molecular formula is C54H40N2O. The van der Waals surface area contributed by atoms with Crippen LogP contribution in [0.4, 0.5) is 17.1 Å². The number of hydrogen-bond donors (Lipinski definition) is 0. The zero-order chi connectivity index (χ0) is 38.3. The van der Waals surface area contributed by atoms with Crippen LogP contribution in [0.3, 0.4) is 0 Å². The third-order valence-electron chi connectivity index (χ3n) is 11.7. The number of furan rings is 1. The van der Waals surface area contributed by atoms with Crippen LogP contribution in [0.25, 0.3) is 82.1 Å². The van der Waals surface area contributed by atoms with E-state index in [4.69, 9.17) is 4.42 Å². The molecule has 0 saturated carbocycles. The molecular weight excluding hydrogens is 693 g/mol. The number of anilines is 3. The summed E-state index contributed by atoms with van der Waals surface area (Å²) in [6.45, 7) is 6.85. The Labute approximate surface area is 331 Å². The summed E-state index contributed by atoms with van der Waals surface area (Å²) in [7, 11) is 0. The summed E-state index contributed by atoms with van der Waals surface area (Å²) in [5, 5.41) is 9.45. The van der Waals surface area contributed by atoms with Gasteiger partial charge in [-0.25, -0.2) is 0 Å². The second-order valence-electron chi connectivity index (χ2n) is 16.2. The lowest BCUT2D eigenvalue weighted by Gasteiger charge is -2.28. The molecule has 0 saturated heterocycles. The van der Waals surface area contributed by atoms with Crippen molar-refractivity contribution in [3.8, 4) is 16.8 Å². The lowest BCUT2D eigenvalue weighted by molar-refractivity contribution is 0.594. The predicted molar refractivity (Wildman–Crippen MR) is 242 cm³/mol. The largest absolute Gasteiger partial charge is 0.455 e. The van der Waals surface area contributed by atoms with E-state index in [9.17, 15) is 0 Å². The quantitative estimate of drug-likeness (QED) is 0.176. The van der Waals surface area contributed by atoms with Crippen molar-refractivity contribution in [2.24, 2.45) is 0 Å². The molecule has 0 N–H and O–H groups in total. The first-order valence-electron chi connectivity index (χ1n) is 19.8. The number of fused-ring (bicyclic) bond motifs is 9. The van der Waals surface area contributed by atoms with Gasteiger partial charge in [-0.15, -0.1) is 0 Å². The first kappa shape index (κ1) is 33.3. The van der Waals surface area contributed by atoms with Gasteiger partial charge >= 0.3 is 0 Å². The van der Waals surface area contributed by atoms with E-state index in [-0.39, 0.29) is 5.41 Å². The fraction of sp³-hybridized carbons (Fsp3) is 0.0741. The molecule has 0 atom stereocenters. The van der Waals surface area contributed by atoms with Gasteiger partial charge in [-0.05, 0) is 93.5 Å². The number of rotatable bonds is 5. The van der Waals surface area contributed by atoms with Crippen LogP contribution in [0.1, 0.15) is 26.3 Å². The highest BCUT2D eigenvalue weighted by atomic mass is 16.3. The van der Waals surface area contributed by atoms with Gasteiger partial charge in [0, 0.05) is 49.4 Å². The van der Waals surface area contributed by atoms with E-state index < -0.39 is 0 Å². The standard InChI is InChI=1S/C54H40N2O/c1-54(2,3)47-20-13-23-51-52(47)46-34-50(44-18-7-8-19-45(44)53(46)57-51)55(39-28-24-36(25-29-39)35-14-5-4-6-15-35)40-30-26-38-33-41(31-27-37(38)32-40)56-48-21-11-9-16-42(48)43-17-10-12-22-49(43)56/h4-34H,1-3H3. The van der Waals surface area contributed by atoms with Crippen molar-refractivity contribution >= 4 is 82.4 Å². The van der Waals surface area contributed by atoms with Gasteiger partial charge in [-0.3, -0.25) is 0 Å². The lowest BCUT2D eigenvalue weighted by Crippen LogP contribution is -2.12. The predicted octanol–water partition coefficient (Wildman–Crippen LogP) is 15.4. The van der Waals surface area contributed by atoms with E-state index in [1.54, 1.807) is 0 Å². The first-order chi connectivity index (χ1) is 27.9. The zero-order valence-corrected chi connectivity index (χ0v) is 32.2. The van der Waals surface area contributed by atoms with Gasteiger partial charge in [0.1, 0.15) is 11.2 Å². The number of hydrogen-bond acceptors (Lipinski definition) is 2. The number of para-hydroxylation sites is 2. The highest BCUT2D eigenvalue weighted by molar-refractivity contribution is 6.20. The van der Waals surface area contributed by atoms with Crippen LogP contribution in [-0.2, 0) is 5.41 Å². The highest BCUT2D eigenvalue weighted by Crippen LogP contribution is 2.47. The smallest absolute Gasteiger partial charge is 0.143 e. The van der Waals surface area contributed by atoms with Crippen molar-refractivity contribution in [3.05, 3.63) is 194 Å². The molecule has 3 heteroatoms. The minimum atomic E-state index is -0.0640. The van der Waals surface area contributed by atoms with Crippen LogP contribution in [-0.4, -0.2) is 4.57 Å². The molecule has 11 aromatic rings. The lowest BCUT2D eigenvalue weighted by atomic mass is 9.84. The molecule has 0 unspecified atom stereocenters. The van der Waals surface area contributed by atoms with Crippen molar-refractivity contribution in [3.63, 3.8) is 0 Å². The topological polar surface area (TPSA) is 21.3 Å². The highest BCUT2D eigenvalue weighted by Gasteiger charge is 2.25. The Balaban J connectivity index is 1.13. The van der Waals surface area contributed by atoms with Crippen molar-refractivity contribution in [2.75, 3.05) is 4.90 Å². The van der Waals surface area contributed by atoms with E-state index in [0.29, 0.717) is 0 Å². The molecule has 57 heavy (non-hydrogen) atoms. The third kappa shape index (κ3) is 5.34. The molecule has 2 heterocycles. The second kappa shape index (κ2) is 12.7. The number of aromatic nitrogens is 1. The van der Waals surface area contributed by atoms with Crippen LogP contribution < -0.4 is 4.90 Å². The molecule has 0 radical (unpaired) electrons. The summed E-state index contributed by atoms with van der Waals surface area (Å²) in [5.74, 6) is 0. The fourth-order valence-corrected chi connectivity index (χ4v) is 9.00. The van der Waals surface area contributed by atoms with Crippen LogP contribution in [0.5, 0.6) is 0 Å². The second-order valence-corrected chi connectivity index (χ2v) is 16.2. The summed E-state index contributed by atoms with van der Waals surface area (Å²) in [6.07, 6.45) is 0. The first-order valence-corrected chi connectivity index (χ1v) is 19.8. The van der Waals surface area contributed by atoms with E-state index in [1.165, 1.54) is 54.7 Å². The maximum Gasteiger partial charge on any atom is 0.143 e. The summed E-state index contributed by atoms with van der Waals surface area (Å²) in [4.78, 5) is 2.43. The van der Waals surface area contributed by atoms with Crippen molar-refractivity contribution in [2.45, 2.75) is 26.2 Å². The van der Waals surface area contributed by atoms with Crippen LogP contribution in [0, 0.1) is 0 Å². The summed E-state index contributed by atoms with van der Waals surface area (Å²) >= 11 is 0. The van der Waals surface area contributed by atoms with Crippen LogP contribution in [0.15, 0.2) is 192 Å². The Bertz CT molecular complexity index is 3270. The average Bonchev–Trinajstić information content (AvgIpc) is 3.80. The van der Waals surface area contributed by atoms with E-state index in [0.717, 1.165) is 50.1 Å². The molecule has 272 valence electrons. The Morgan fingerprint density at radius 2 is 1.05 bits per heavy atom. The van der Waals surface area contributed by atoms with Gasteiger partial charge in [-0.1, -0.05) is 148 Å². The monoisotopic (exact) mass is 732 g/mol. The van der Waals surface area contributed by atoms with Gasteiger partial charge in [0.2, 0.25) is 0 Å². The average molecular weight is 733 g/mol. The Morgan fingerprint density at radius 3 is 1.77 bits per heavy atom. The van der Waals surface area contributed by atoms with E-state index >= 15 is 0 Å². The minimum absolute atomic E-state index is 0.0640. The Morgan fingerprint density at radius 1 is 0.456 bits per heavy atom. The molecule has 0 fully saturated rings. The molecule has 0 bridgehead atoms. The minimum Gasteiger partial charge on any atom is -0.455 e. The molecule has 0 spiro atoms. The molecule has 0 aliphatic rings. The van der Waals surface area contributed by atoms with Crippen LogP contribution in [0.2, 0.25) is 0 Å². The molecule has 0 aliphatic carbocycles. The summed E-state index contributed by atoms with van der Waals surface area (Å²) in [6, 6.07) is 68.2. The third-order valence-corrected chi connectivity index (χ3v) is 11.7. The van der Waals surface area contributed by atoms with Gasteiger partial charge in [-0.2, -0.15) is 0 Å². The normalized spacial score (nSPS) is 12.1. The summed E-state index contributed by atoms with van der Waals surface area (Å²) < 4.78 is 9.13. The molecule has 0 aliphatic heterocycles. The van der Waals surface area contributed by atoms with Gasteiger partial charge < -0.3 is 13.9 Å². The zero-order valence-electron chi connectivity index (χ0n) is 32.2. The van der Waals surface area contributed by atoms with Gasteiger partial charge in [0.05, 0.1) is 16.7 Å². The number of benzene rings is 9. The van der Waals surface area contributed by atoms with Crippen molar-refractivity contribution in [1.82, 2.24) is 4.57 Å². The molecule has 2 aromatic heterocycles.